The lowest BCUT2D eigenvalue weighted by molar-refractivity contribution is -0.131. The van der Waals surface area contributed by atoms with Crippen LogP contribution in [0.3, 0.4) is 0 Å². The number of carboxylic acids is 1. The maximum Gasteiger partial charge on any atom is 0.328 e. The lowest BCUT2D eigenvalue weighted by Crippen LogP contribution is -2.26. The second-order valence-corrected chi connectivity index (χ2v) is 4.63. The van der Waals surface area contributed by atoms with Gasteiger partial charge in [0, 0.05) is 25.4 Å². The van der Waals surface area contributed by atoms with Gasteiger partial charge in [-0.1, -0.05) is 6.07 Å². The van der Waals surface area contributed by atoms with Gasteiger partial charge in [-0.15, -0.1) is 0 Å². The highest BCUT2D eigenvalue weighted by Gasteiger charge is 2.15. The molecule has 2 heterocycles. The summed E-state index contributed by atoms with van der Waals surface area (Å²) in [5.41, 5.74) is 1.57. The molecule has 19 heavy (non-hydrogen) atoms. The first kappa shape index (κ1) is 13.1. The van der Waals surface area contributed by atoms with E-state index in [1.54, 1.807) is 6.08 Å². The van der Waals surface area contributed by atoms with E-state index in [0.29, 0.717) is 0 Å². The predicted octanol–water partition coefficient (Wildman–Crippen LogP) is 2.28. The van der Waals surface area contributed by atoms with Crippen LogP contribution >= 0.6 is 0 Å². The molecule has 0 amide bonds. The molecule has 0 radical (unpaired) electrons. The summed E-state index contributed by atoms with van der Waals surface area (Å²) in [6.45, 7) is 4.13. The minimum absolute atomic E-state index is 0.280. The van der Waals surface area contributed by atoms with Gasteiger partial charge < -0.3 is 10.0 Å². The molecule has 2 rings (SSSR count). The molecule has 100 valence electrons. The molecule has 0 aliphatic carbocycles. The number of anilines is 1. The van der Waals surface area contributed by atoms with E-state index >= 15 is 0 Å². The van der Waals surface area contributed by atoms with Crippen LogP contribution in [0.4, 0.5) is 5.82 Å². The van der Waals surface area contributed by atoms with Gasteiger partial charge in [0.25, 0.3) is 0 Å². The molecule has 5 nitrogen and oxygen atoms in total. The number of nitrogens with zero attached hydrogens (tertiary/aromatic N) is 3. The third-order valence-corrected chi connectivity index (χ3v) is 3.04. The molecule has 0 unspecified atom stereocenters. The van der Waals surface area contributed by atoms with E-state index in [1.807, 2.05) is 40.7 Å². The highest BCUT2D eigenvalue weighted by Crippen LogP contribution is 2.23. The van der Waals surface area contributed by atoms with Gasteiger partial charge in [0.05, 0.1) is 5.69 Å². The van der Waals surface area contributed by atoms with Gasteiger partial charge in [-0.3, -0.25) is 4.40 Å². The summed E-state index contributed by atoms with van der Waals surface area (Å²) in [5.74, 6) is -0.192. The highest BCUT2D eigenvalue weighted by atomic mass is 16.4. The fourth-order valence-electron chi connectivity index (χ4n) is 1.81. The number of imidazole rings is 1. The van der Waals surface area contributed by atoms with Gasteiger partial charge in [0.15, 0.2) is 5.82 Å². The summed E-state index contributed by atoms with van der Waals surface area (Å²) in [5, 5.41) is 8.79. The number of hydrogen-bond donors (Lipinski definition) is 1. The van der Waals surface area contributed by atoms with E-state index in [2.05, 4.69) is 18.8 Å². The highest BCUT2D eigenvalue weighted by molar-refractivity contribution is 5.86. The summed E-state index contributed by atoms with van der Waals surface area (Å²) in [4.78, 5) is 17.3. The molecule has 0 fully saturated rings. The average molecular weight is 259 g/mol. The predicted molar refractivity (Wildman–Crippen MR) is 75.4 cm³/mol. The molecule has 5 heteroatoms. The smallest absolute Gasteiger partial charge is 0.328 e. The van der Waals surface area contributed by atoms with Crippen LogP contribution in [0, 0.1) is 0 Å². The van der Waals surface area contributed by atoms with Crippen molar-refractivity contribution in [3.63, 3.8) is 0 Å². The summed E-state index contributed by atoms with van der Waals surface area (Å²) in [6.07, 6.45) is 4.59. The zero-order valence-electron chi connectivity index (χ0n) is 11.2. The normalized spacial score (nSPS) is 11.6. The molecule has 2 aromatic rings. The standard InChI is InChI=1S/C14H17N3O2/c1-10(2)16(3)14-11(7-8-13(18)19)17-9-5-4-6-12(17)15-14/h4-10H,1-3H3,(H,18,19)/b8-7+. The van der Waals surface area contributed by atoms with Crippen LogP contribution < -0.4 is 4.90 Å². The molecule has 0 bridgehead atoms. The maximum absolute atomic E-state index is 10.7. The van der Waals surface area contributed by atoms with E-state index in [1.165, 1.54) is 0 Å². The lowest BCUT2D eigenvalue weighted by atomic mass is 10.3. The monoisotopic (exact) mass is 259 g/mol. The van der Waals surface area contributed by atoms with E-state index in [4.69, 9.17) is 5.11 Å². The molecule has 0 aliphatic rings. The van der Waals surface area contributed by atoms with Crippen molar-refractivity contribution < 1.29 is 9.90 Å². The Morgan fingerprint density at radius 2 is 2.21 bits per heavy atom. The second-order valence-electron chi connectivity index (χ2n) is 4.63. The van der Waals surface area contributed by atoms with Gasteiger partial charge in [-0.05, 0) is 32.1 Å². The van der Waals surface area contributed by atoms with Crippen LogP contribution in [0.15, 0.2) is 30.5 Å². The van der Waals surface area contributed by atoms with Crippen molar-refractivity contribution in [1.29, 1.82) is 0 Å². The van der Waals surface area contributed by atoms with Crippen LogP contribution in [0.5, 0.6) is 0 Å². The van der Waals surface area contributed by atoms with Crippen molar-refractivity contribution in [3.05, 3.63) is 36.2 Å². The largest absolute Gasteiger partial charge is 0.478 e. The summed E-state index contributed by atoms with van der Waals surface area (Å²) < 4.78 is 1.88. The number of carbonyl (C=O) groups is 1. The third-order valence-electron chi connectivity index (χ3n) is 3.04. The van der Waals surface area contributed by atoms with Crippen molar-refractivity contribution >= 4 is 23.5 Å². The van der Waals surface area contributed by atoms with E-state index in [9.17, 15) is 4.79 Å². The number of pyridine rings is 1. The van der Waals surface area contributed by atoms with E-state index in [0.717, 1.165) is 23.2 Å². The van der Waals surface area contributed by atoms with Crippen LogP contribution in [0.25, 0.3) is 11.7 Å². The summed E-state index contributed by atoms with van der Waals surface area (Å²) in [6, 6.07) is 5.98. The van der Waals surface area contributed by atoms with Crippen LogP contribution in [-0.2, 0) is 4.79 Å². The number of aliphatic carboxylic acids is 1. The number of aromatic nitrogens is 2. The van der Waals surface area contributed by atoms with Gasteiger partial charge in [0.2, 0.25) is 0 Å². The lowest BCUT2D eigenvalue weighted by Gasteiger charge is -2.21. The third kappa shape index (κ3) is 2.59. The summed E-state index contributed by atoms with van der Waals surface area (Å²) >= 11 is 0. The first-order chi connectivity index (χ1) is 9.00. The van der Waals surface area contributed by atoms with Crippen LogP contribution in [0.2, 0.25) is 0 Å². The van der Waals surface area contributed by atoms with Crippen molar-refractivity contribution in [2.24, 2.45) is 0 Å². The van der Waals surface area contributed by atoms with Crippen LogP contribution in [0.1, 0.15) is 19.5 Å². The molecule has 1 N–H and O–H groups in total. The Morgan fingerprint density at radius 3 is 2.84 bits per heavy atom. The van der Waals surface area contributed by atoms with Crippen LogP contribution in [-0.4, -0.2) is 33.6 Å². The van der Waals surface area contributed by atoms with Gasteiger partial charge in [0.1, 0.15) is 5.65 Å². The molecule has 0 saturated heterocycles. The van der Waals surface area contributed by atoms with E-state index in [-0.39, 0.29) is 6.04 Å². The Hall–Kier alpha value is -2.30. The zero-order chi connectivity index (χ0) is 14.0. The van der Waals surface area contributed by atoms with Crippen molar-refractivity contribution in [1.82, 2.24) is 9.38 Å². The first-order valence-corrected chi connectivity index (χ1v) is 6.11. The first-order valence-electron chi connectivity index (χ1n) is 6.11. The molecule has 0 aromatic carbocycles. The van der Waals surface area contributed by atoms with Crippen molar-refractivity contribution in [3.8, 4) is 0 Å². The molecular formula is C14H17N3O2. The number of carboxylic acid groups (broad SMARTS) is 1. The Bertz CT molecular complexity index is 629. The molecular weight excluding hydrogens is 242 g/mol. The Kier molecular flexibility index (Phi) is 3.55. The fourth-order valence-corrected chi connectivity index (χ4v) is 1.81. The molecule has 0 aliphatic heterocycles. The Balaban J connectivity index is 2.61. The van der Waals surface area contributed by atoms with Gasteiger partial charge >= 0.3 is 5.97 Å². The zero-order valence-corrected chi connectivity index (χ0v) is 11.2. The molecule has 0 saturated carbocycles. The molecule has 0 atom stereocenters. The Labute approximate surface area is 111 Å². The number of hydrogen-bond acceptors (Lipinski definition) is 3. The van der Waals surface area contributed by atoms with E-state index < -0.39 is 5.97 Å². The Morgan fingerprint density at radius 1 is 1.47 bits per heavy atom. The maximum atomic E-state index is 10.7. The van der Waals surface area contributed by atoms with Crippen molar-refractivity contribution in [2.45, 2.75) is 19.9 Å². The SMILES string of the molecule is CC(C)N(C)c1nc2ccccn2c1/C=C/C(=O)O. The van der Waals surface area contributed by atoms with Crippen molar-refractivity contribution in [2.75, 3.05) is 11.9 Å². The molecule has 0 spiro atoms. The number of rotatable bonds is 4. The molecule has 2 aromatic heterocycles. The quantitative estimate of drug-likeness (QED) is 0.856. The minimum atomic E-state index is -0.968. The topological polar surface area (TPSA) is 57.8 Å². The van der Waals surface area contributed by atoms with Gasteiger partial charge in [-0.2, -0.15) is 0 Å². The van der Waals surface area contributed by atoms with Gasteiger partial charge in [-0.25, -0.2) is 9.78 Å². The summed E-state index contributed by atoms with van der Waals surface area (Å²) in [7, 11) is 1.95. The fraction of sp³-hybridized carbons (Fsp3) is 0.286. The second kappa shape index (κ2) is 5.14. The minimum Gasteiger partial charge on any atom is -0.478 e. The average Bonchev–Trinajstić information content (AvgIpc) is 2.73. The number of fused-ring (bicyclic) bond motifs is 1.